The van der Waals surface area contributed by atoms with Gasteiger partial charge in [0.25, 0.3) is 8.32 Å². The average molecular weight is 455 g/mol. The highest BCUT2D eigenvalue weighted by Gasteiger charge is 2.54. The topological polar surface area (TPSA) is 54.0 Å². The molecular formula is C26H34O5Si. The third-order valence-electron chi connectivity index (χ3n) is 6.95. The zero-order valence-electron chi connectivity index (χ0n) is 19.4. The molecule has 2 aromatic carbocycles. The lowest BCUT2D eigenvalue weighted by molar-refractivity contribution is -0.203. The van der Waals surface area contributed by atoms with E-state index < -0.39 is 8.32 Å². The van der Waals surface area contributed by atoms with Crippen LogP contribution in [0.15, 0.2) is 60.7 Å². The summed E-state index contributed by atoms with van der Waals surface area (Å²) in [5, 5.41) is 2.36. The quantitative estimate of drug-likeness (QED) is 0.451. The standard InChI is InChI=1S/C26H34O5Si/c1-26(2,3)32(19-11-7-5-8-12-19,20-13-9-6-10-14-20)29-18-23-21(15-16-27)22-17-24(28-4)31-25(22)30-23/h5-14,16,21-25H,15,17-18H2,1-4H3/t21-,22+,23+,24?,25+/m0/s1. The van der Waals surface area contributed by atoms with E-state index in [1.54, 1.807) is 7.11 Å². The Kier molecular flexibility index (Phi) is 6.98. The molecule has 2 aliphatic heterocycles. The van der Waals surface area contributed by atoms with Crippen LogP contribution in [0.3, 0.4) is 0 Å². The van der Waals surface area contributed by atoms with E-state index in [4.69, 9.17) is 18.6 Å². The lowest BCUT2D eigenvalue weighted by Crippen LogP contribution is -2.67. The lowest BCUT2D eigenvalue weighted by Gasteiger charge is -2.43. The second-order valence-electron chi connectivity index (χ2n) is 9.78. The number of hydrogen-bond acceptors (Lipinski definition) is 5. The minimum atomic E-state index is -2.66. The first-order valence-electron chi connectivity index (χ1n) is 11.4. The van der Waals surface area contributed by atoms with Crippen molar-refractivity contribution in [3.63, 3.8) is 0 Å². The zero-order chi connectivity index (χ0) is 22.8. The van der Waals surface area contributed by atoms with Gasteiger partial charge in [-0.2, -0.15) is 0 Å². The van der Waals surface area contributed by atoms with Gasteiger partial charge in [-0.05, 0) is 15.4 Å². The number of carbonyl (C=O) groups excluding carboxylic acids is 1. The second kappa shape index (κ2) is 9.57. The van der Waals surface area contributed by atoms with Gasteiger partial charge >= 0.3 is 0 Å². The first kappa shape index (κ1) is 23.3. The zero-order valence-corrected chi connectivity index (χ0v) is 20.4. The van der Waals surface area contributed by atoms with Gasteiger partial charge < -0.3 is 23.4 Å². The second-order valence-corrected chi connectivity index (χ2v) is 14.1. The fourth-order valence-electron chi connectivity index (χ4n) is 5.42. The summed E-state index contributed by atoms with van der Waals surface area (Å²) < 4.78 is 24.6. The molecule has 2 heterocycles. The summed E-state index contributed by atoms with van der Waals surface area (Å²) in [5.74, 6) is 0.216. The average Bonchev–Trinajstić information content (AvgIpc) is 3.33. The van der Waals surface area contributed by atoms with Gasteiger partial charge in [0.15, 0.2) is 12.6 Å². The smallest absolute Gasteiger partial charge is 0.261 e. The summed E-state index contributed by atoms with van der Waals surface area (Å²) in [7, 11) is -1.02. The molecule has 0 radical (unpaired) electrons. The summed E-state index contributed by atoms with van der Waals surface area (Å²) in [6.45, 7) is 7.22. The van der Waals surface area contributed by atoms with Crippen molar-refractivity contribution in [1.82, 2.24) is 0 Å². The van der Waals surface area contributed by atoms with E-state index in [1.165, 1.54) is 10.4 Å². The predicted molar refractivity (Wildman–Crippen MR) is 126 cm³/mol. The van der Waals surface area contributed by atoms with Gasteiger partial charge in [-0.15, -0.1) is 0 Å². The normalized spacial score (nSPS) is 27.9. The molecule has 1 unspecified atom stereocenters. The maximum absolute atomic E-state index is 11.5. The highest BCUT2D eigenvalue weighted by molar-refractivity contribution is 6.99. The van der Waals surface area contributed by atoms with E-state index in [-0.39, 0.29) is 35.6 Å². The molecular weight excluding hydrogens is 420 g/mol. The summed E-state index contributed by atoms with van der Waals surface area (Å²) >= 11 is 0. The highest BCUT2D eigenvalue weighted by Crippen LogP contribution is 2.45. The molecule has 2 fully saturated rings. The van der Waals surface area contributed by atoms with Gasteiger partial charge in [0.1, 0.15) is 6.29 Å². The van der Waals surface area contributed by atoms with E-state index in [0.717, 1.165) is 12.7 Å². The SMILES string of the molecule is COC1C[C@H]2[C@@H](O1)O[C@H](CO[Si](c1ccccc1)(c1ccccc1)C(C)(C)C)[C@H]2CC=O. The molecule has 32 heavy (non-hydrogen) atoms. The molecule has 0 aliphatic carbocycles. The van der Waals surface area contributed by atoms with Crippen LogP contribution < -0.4 is 10.4 Å². The van der Waals surface area contributed by atoms with E-state index in [2.05, 4.69) is 69.3 Å². The van der Waals surface area contributed by atoms with Gasteiger partial charge in [0.05, 0.1) is 12.7 Å². The molecule has 0 spiro atoms. The monoisotopic (exact) mass is 454 g/mol. The molecule has 0 N–H and O–H groups in total. The van der Waals surface area contributed by atoms with Crippen molar-refractivity contribution in [1.29, 1.82) is 0 Å². The predicted octanol–water partition coefficient (Wildman–Crippen LogP) is 3.50. The van der Waals surface area contributed by atoms with Crippen molar-refractivity contribution >= 4 is 25.0 Å². The fraction of sp³-hybridized carbons (Fsp3) is 0.500. The minimum absolute atomic E-state index is 0.0656. The summed E-state index contributed by atoms with van der Waals surface area (Å²) in [4.78, 5) is 11.5. The molecule has 0 bridgehead atoms. The molecule has 5 nitrogen and oxygen atoms in total. The summed E-state index contributed by atoms with van der Waals surface area (Å²) in [6, 6.07) is 21.2. The molecule has 2 aromatic rings. The van der Waals surface area contributed by atoms with Crippen molar-refractivity contribution in [2.45, 2.75) is 57.3 Å². The lowest BCUT2D eigenvalue weighted by atomic mass is 9.86. The van der Waals surface area contributed by atoms with Crippen molar-refractivity contribution < 1.29 is 23.4 Å². The Bertz CT molecular complexity index is 843. The molecule has 2 aliphatic rings. The van der Waals surface area contributed by atoms with Crippen molar-refractivity contribution in [3.05, 3.63) is 60.7 Å². The van der Waals surface area contributed by atoms with E-state index in [0.29, 0.717) is 13.0 Å². The van der Waals surface area contributed by atoms with Crippen LogP contribution >= 0.6 is 0 Å². The highest BCUT2D eigenvalue weighted by atomic mass is 28.4. The van der Waals surface area contributed by atoms with E-state index >= 15 is 0 Å². The minimum Gasteiger partial charge on any atom is -0.405 e. The Balaban J connectivity index is 1.66. The summed E-state index contributed by atoms with van der Waals surface area (Å²) in [5.41, 5.74) is 0. The molecule has 6 heteroatoms. The first-order chi connectivity index (χ1) is 15.4. The van der Waals surface area contributed by atoms with E-state index in [1.807, 2.05) is 12.1 Å². The van der Waals surface area contributed by atoms with Crippen molar-refractivity contribution in [2.75, 3.05) is 13.7 Å². The first-order valence-corrected chi connectivity index (χ1v) is 13.3. The van der Waals surface area contributed by atoms with Crippen LogP contribution in [-0.4, -0.2) is 47.0 Å². The summed E-state index contributed by atoms with van der Waals surface area (Å²) in [6.07, 6.45) is 1.39. The van der Waals surface area contributed by atoms with Gasteiger partial charge in [-0.25, -0.2) is 0 Å². The number of benzene rings is 2. The van der Waals surface area contributed by atoms with Crippen molar-refractivity contribution in [2.24, 2.45) is 11.8 Å². The van der Waals surface area contributed by atoms with Gasteiger partial charge in [-0.3, -0.25) is 0 Å². The van der Waals surface area contributed by atoms with Crippen LogP contribution in [0.4, 0.5) is 0 Å². The Labute approximate surface area is 192 Å². The fourth-order valence-corrected chi connectivity index (χ4v) is 9.99. The van der Waals surface area contributed by atoms with Crippen LogP contribution in [0.5, 0.6) is 0 Å². The Morgan fingerprint density at radius 2 is 1.59 bits per heavy atom. The maximum atomic E-state index is 11.5. The Hall–Kier alpha value is -1.83. The maximum Gasteiger partial charge on any atom is 0.261 e. The van der Waals surface area contributed by atoms with Gasteiger partial charge in [0, 0.05) is 31.8 Å². The molecule has 172 valence electrons. The van der Waals surface area contributed by atoms with Crippen LogP contribution in [-0.2, 0) is 23.4 Å². The third-order valence-corrected chi connectivity index (χ3v) is 12.0. The number of aldehydes is 1. The Morgan fingerprint density at radius 3 is 2.09 bits per heavy atom. The van der Waals surface area contributed by atoms with Crippen LogP contribution in [0.1, 0.15) is 33.6 Å². The molecule has 5 atom stereocenters. The molecule has 4 rings (SSSR count). The molecule has 2 saturated heterocycles. The number of fused-ring (bicyclic) bond motifs is 1. The van der Waals surface area contributed by atoms with E-state index in [9.17, 15) is 4.79 Å². The van der Waals surface area contributed by atoms with Gasteiger partial charge in [-0.1, -0.05) is 81.4 Å². The number of ether oxygens (including phenoxy) is 3. The van der Waals surface area contributed by atoms with Crippen LogP contribution in [0.25, 0.3) is 0 Å². The van der Waals surface area contributed by atoms with Crippen LogP contribution in [0, 0.1) is 11.8 Å². The largest absolute Gasteiger partial charge is 0.405 e. The van der Waals surface area contributed by atoms with Gasteiger partial charge in [0.2, 0.25) is 0 Å². The van der Waals surface area contributed by atoms with Crippen molar-refractivity contribution in [3.8, 4) is 0 Å². The molecule has 0 amide bonds. The molecule has 0 aromatic heterocycles. The molecule has 0 saturated carbocycles. The number of carbonyl (C=O) groups is 1. The number of rotatable bonds is 8. The third kappa shape index (κ3) is 4.22. The number of methoxy groups -OCH3 is 1. The number of hydrogen-bond donors (Lipinski definition) is 0. The van der Waals surface area contributed by atoms with Crippen LogP contribution in [0.2, 0.25) is 5.04 Å². The Morgan fingerprint density at radius 1 is 1.00 bits per heavy atom.